The molecule has 5 heteroatoms. The average molecular weight is 314 g/mol. The second-order valence-corrected chi connectivity index (χ2v) is 5.09. The zero-order chi connectivity index (χ0) is 14.5. The normalized spacial score (nSPS) is 10.6. The SMILES string of the molecule is CNCc1c(Cl)cccc1OCc1ccc(F)cc1Cl. The Morgan fingerprint density at radius 3 is 2.65 bits per heavy atom. The third-order valence-corrected chi connectivity index (χ3v) is 3.53. The van der Waals surface area contributed by atoms with Gasteiger partial charge in [0.05, 0.1) is 5.02 Å². The summed E-state index contributed by atoms with van der Waals surface area (Å²) in [6, 6.07) is 9.72. The van der Waals surface area contributed by atoms with Gasteiger partial charge in [0.25, 0.3) is 0 Å². The van der Waals surface area contributed by atoms with E-state index >= 15 is 0 Å². The van der Waals surface area contributed by atoms with Gasteiger partial charge in [-0.2, -0.15) is 0 Å². The molecule has 2 aromatic rings. The first-order valence-electron chi connectivity index (χ1n) is 6.10. The van der Waals surface area contributed by atoms with Crippen LogP contribution in [-0.4, -0.2) is 7.05 Å². The summed E-state index contributed by atoms with van der Waals surface area (Å²) in [4.78, 5) is 0. The molecule has 20 heavy (non-hydrogen) atoms. The molecule has 0 saturated heterocycles. The summed E-state index contributed by atoms with van der Waals surface area (Å²) >= 11 is 12.1. The van der Waals surface area contributed by atoms with E-state index in [1.165, 1.54) is 12.1 Å². The molecule has 0 aliphatic carbocycles. The smallest absolute Gasteiger partial charge is 0.125 e. The van der Waals surface area contributed by atoms with Crippen LogP contribution in [0.15, 0.2) is 36.4 Å². The summed E-state index contributed by atoms with van der Waals surface area (Å²) in [5, 5.41) is 4.03. The molecule has 0 aliphatic heterocycles. The number of hydrogen-bond donors (Lipinski definition) is 1. The summed E-state index contributed by atoms with van der Waals surface area (Å²) in [6.07, 6.45) is 0. The maximum absolute atomic E-state index is 13.0. The molecule has 106 valence electrons. The molecule has 0 radical (unpaired) electrons. The Labute approximate surface area is 127 Å². The molecule has 0 aliphatic rings. The third kappa shape index (κ3) is 3.63. The highest BCUT2D eigenvalue weighted by molar-refractivity contribution is 6.31. The van der Waals surface area contributed by atoms with Gasteiger partial charge in [0, 0.05) is 22.7 Å². The van der Waals surface area contributed by atoms with Crippen molar-refractivity contribution in [3.63, 3.8) is 0 Å². The molecule has 0 saturated carbocycles. The van der Waals surface area contributed by atoms with Crippen molar-refractivity contribution in [2.45, 2.75) is 13.2 Å². The third-order valence-electron chi connectivity index (χ3n) is 2.83. The first-order chi connectivity index (χ1) is 9.61. The topological polar surface area (TPSA) is 21.3 Å². The Morgan fingerprint density at radius 2 is 1.95 bits per heavy atom. The lowest BCUT2D eigenvalue weighted by Gasteiger charge is -2.13. The van der Waals surface area contributed by atoms with E-state index in [4.69, 9.17) is 27.9 Å². The zero-order valence-corrected chi connectivity index (χ0v) is 12.4. The van der Waals surface area contributed by atoms with E-state index in [0.717, 1.165) is 11.1 Å². The van der Waals surface area contributed by atoms with Crippen LogP contribution in [0.3, 0.4) is 0 Å². The summed E-state index contributed by atoms with van der Waals surface area (Å²) < 4.78 is 18.7. The van der Waals surface area contributed by atoms with E-state index in [9.17, 15) is 4.39 Å². The van der Waals surface area contributed by atoms with Gasteiger partial charge < -0.3 is 10.1 Å². The predicted molar refractivity (Wildman–Crippen MR) is 80.0 cm³/mol. The van der Waals surface area contributed by atoms with E-state index < -0.39 is 0 Å². The van der Waals surface area contributed by atoms with Crippen molar-refractivity contribution in [1.29, 1.82) is 0 Å². The largest absolute Gasteiger partial charge is 0.488 e. The fraction of sp³-hybridized carbons (Fsp3) is 0.200. The van der Waals surface area contributed by atoms with Crippen LogP contribution in [0.25, 0.3) is 0 Å². The number of benzene rings is 2. The predicted octanol–water partition coefficient (Wildman–Crippen LogP) is 4.43. The van der Waals surface area contributed by atoms with Gasteiger partial charge in [0.2, 0.25) is 0 Å². The average Bonchev–Trinajstić information content (AvgIpc) is 2.41. The van der Waals surface area contributed by atoms with Gasteiger partial charge in [-0.1, -0.05) is 35.3 Å². The number of ether oxygens (including phenoxy) is 1. The Balaban J connectivity index is 2.16. The van der Waals surface area contributed by atoms with Crippen molar-refractivity contribution in [3.05, 3.63) is 63.4 Å². The first kappa shape index (κ1) is 15.1. The van der Waals surface area contributed by atoms with Crippen molar-refractivity contribution in [1.82, 2.24) is 5.32 Å². The van der Waals surface area contributed by atoms with Crippen molar-refractivity contribution in [3.8, 4) is 5.75 Å². The molecular formula is C15H14Cl2FNO. The van der Waals surface area contributed by atoms with Crippen LogP contribution in [0.1, 0.15) is 11.1 Å². The number of halogens is 3. The first-order valence-corrected chi connectivity index (χ1v) is 6.86. The molecule has 0 bridgehead atoms. The van der Waals surface area contributed by atoms with Gasteiger partial charge in [-0.15, -0.1) is 0 Å². The fourth-order valence-corrected chi connectivity index (χ4v) is 2.27. The van der Waals surface area contributed by atoms with Gasteiger partial charge in [-0.3, -0.25) is 0 Å². The van der Waals surface area contributed by atoms with E-state index in [1.54, 1.807) is 6.07 Å². The van der Waals surface area contributed by atoms with Crippen LogP contribution in [0.5, 0.6) is 5.75 Å². The minimum atomic E-state index is -0.364. The van der Waals surface area contributed by atoms with Crippen molar-refractivity contribution < 1.29 is 9.13 Å². The van der Waals surface area contributed by atoms with Gasteiger partial charge in [0.15, 0.2) is 0 Å². The summed E-state index contributed by atoms with van der Waals surface area (Å²) in [5.74, 6) is 0.324. The highest BCUT2D eigenvalue weighted by atomic mass is 35.5. The summed E-state index contributed by atoms with van der Waals surface area (Å²) in [7, 11) is 1.84. The molecule has 0 amide bonds. The summed E-state index contributed by atoms with van der Waals surface area (Å²) in [6.45, 7) is 0.863. The molecular weight excluding hydrogens is 300 g/mol. The number of rotatable bonds is 5. The van der Waals surface area contributed by atoms with E-state index in [2.05, 4.69) is 5.32 Å². The van der Waals surface area contributed by atoms with Crippen molar-refractivity contribution >= 4 is 23.2 Å². The summed E-state index contributed by atoms with van der Waals surface area (Å²) in [5.41, 5.74) is 1.61. The van der Waals surface area contributed by atoms with Crippen LogP contribution in [0.2, 0.25) is 10.0 Å². The highest BCUT2D eigenvalue weighted by Gasteiger charge is 2.09. The molecule has 0 aromatic heterocycles. The van der Waals surface area contributed by atoms with Crippen LogP contribution < -0.4 is 10.1 Å². The van der Waals surface area contributed by atoms with Crippen LogP contribution in [-0.2, 0) is 13.2 Å². The minimum absolute atomic E-state index is 0.260. The Bertz CT molecular complexity index is 604. The van der Waals surface area contributed by atoms with Gasteiger partial charge in [0.1, 0.15) is 18.2 Å². The molecule has 0 unspecified atom stereocenters. The monoisotopic (exact) mass is 313 g/mol. The number of hydrogen-bond acceptors (Lipinski definition) is 2. The molecule has 0 fully saturated rings. The van der Waals surface area contributed by atoms with Crippen molar-refractivity contribution in [2.24, 2.45) is 0 Å². The molecule has 1 N–H and O–H groups in total. The van der Waals surface area contributed by atoms with Gasteiger partial charge in [-0.25, -0.2) is 4.39 Å². The molecule has 0 spiro atoms. The molecule has 2 rings (SSSR count). The minimum Gasteiger partial charge on any atom is -0.488 e. The van der Waals surface area contributed by atoms with E-state index in [1.807, 2.05) is 25.2 Å². The molecule has 2 aromatic carbocycles. The maximum atomic E-state index is 13.0. The fourth-order valence-electron chi connectivity index (χ4n) is 1.82. The van der Waals surface area contributed by atoms with Crippen molar-refractivity contribution in [2.75, 3.05) is 7.05 Å². The molecule has 2 nitrogen and oxygen atoms in total. The standard InChI is InChI=1S/C15H14Cl2FNO/c1-19-8-12-13(16)3-2-4-15(12)20-9-10-5-6-11(18)7-14(10)17/h2-7,19H,8-9H2,1H3. The van der Waals surface area contributed by atoms with E-state index in [-0.39, 0.29) is 12.4 Å². The Kier molecular flexibility index (Phi) is 5.24. The molecule has 0 heterocycles. The number of nitrogens with one attached hydrogen (secondary N) is 1. The maximum Gasteiger partial charge on any atom is 0.125 e. The lowest BCUT2D eigenvalue weighted by molar-refractivity contribution is 0.302. The lowest BCUT2D eigenvalue weighted by Crippen LogP contribution is -2.08. The Hall–Kier alpha value is -1.29. The lowest BCUT2D eigenvalue weighted by atomic mass is 10.2. The van der Waals surface area contributed by atoms with Gasteiger partial charge in [-0.05, 0) is 31.3 Å². The van der Waals surface area contributed by atoms with E-state index in [0.29, 0.717) is 22.3 Å². The quantitative estimate of drug-likeness (QED) is 0.881. The second kappa shape index (κ2) is 6.93. The second-order valence-electron chi connectivity index (χ2n) is 4.27. The van der Waals surface area contributed by atoms with Crippen LogP contribution in [0, 0.1) is 5.82 Å². The van der Waals surface area contributed by atoms with Crippen LogP contribution >= 0.6 is 23.2 Å². The molecule has 0 atom stereocenters. The van der Waals surface area contributed by atoms with Gasteiger partial charge >= 0.3 is 0 Å². The zero-order valence-electron chi connectivity index (χ0n) is 10.9. The Morgan fingerprint density at radius 1 is 1.15 bits per heavy atom. The highest BCUT2D eigenvalue weighted by Crippen LogP contribution is 2.28. The van der Waals surface area contributed by atoms with Crippen LogP contribution in [0.4, 0.5) is 4.39 Å².